The molecule has 0 atom stereocenters. The summed E-state index contributed by atoms with van der Waals surface area (Å²) in [5.41, 5.74) is 0. The standard InChI is InChI=1S/C9H11BrClNO2S/c10-8-2-4-9(5-3-8)15(13,14)12-7-1-6-11/h2-5,12H,1,6-7H2. The minimum Gasteiger partial charge on any atom is -0.211 e. The average Bonchev–Trinajstić information content (AvgIpc) is 2.18. The van der Waals surface area contributed by atoms with Gasteiger partial charge in [-0.05, 0) is 30.7 Å². The molecule has 0 saturated heterocycles. The van der Waals surface area contributed by atoms with E-state index in [0.29, 0.717) is 18.8 Å². The van der Waals surface area contributed by atoms with Crippen LogP contribution in [0.15, 0.2) is 33.6 Å². The molecule has 0 saturated carbocycles. The Morgan fingerprint density at radius 3 is 2.40 bits per heavy atom. The molecular weight excluding hydrogens is 302 g/mol. The molecule has 0 bridgehead atoms. The van der Waals surface area contributed by atoms with Crippen molar-refractivity contribution in [2.24, 2.45) is 0 Å². The van der Waals surface area contributed by atoms with Crippen molar-refractivity contribution in [1.29, 1.82) is 0 Å². The van der Waals surface area contributed by atoms with Crippen LogP contribution in [0.4, 0.5) is 0 Å². The van der Waals surface area contributed by atoms with E-state index in [2.05, 4.69) is 20.7 Å². The molecule has 0 aromatic heterocycles. The van der Waals surface area contributed by atoms with Crippen LogP contribution in [0, 0.1) is 0 Å². The molecule has 84 valence electrons. The maximum Gasteiger partial charge on any atom is 0.240 e. The predicted octanol–water partition coefficient (Wildman–Crippen LogP) is 2.36. The number of benzene rings is 1. The van der Waals surface area contributed by atoms with Crippen LogP contribution in [0.1, 0.15) is 6.42 Å². The van der Waals surface area contributed by atoms with Gasteiger partial charge in [-0.2, -0.15) is 0 Å². The van der Waals surface area contributed by atoms with E-state index >= 15 is 0 Å². The van der Waals surface area contributed by atoms with E-state index in [9.17, 15) is 8.42 Å². The van der Waals surface area contributed by atoms with Crippen molar-refractivity contribution in [3.63, 3.8) is 0 Å². The summed E-state index contributed by atoms with van der Waals surface area (Å²) >= 11 is 8.70. The van der Waals surface area contributed by atoms with Crippen molar-refractivity contribution < 1.29 is 8.42 Å². The molecule has 0 radical (unpaired) electrons. The van der Waals surface area contributed by atoms with Gasteiger partial charge in [0.25, 0.3) is 0 Å². The molecule has 3 nitrogen and oxygen atoms in total. The van der Waals surface area contributed by atoms with Gasteiger partial charge in [0.05, 0.1) is 4.90 Å². The van der Waals surface area contributed by atoms with Gasteiger partial charge in [-0.3, -0.25) is 0 Å². The number of alkyl halides is 1. The summed E-state index contributed by atoms with van der Waals surface area (Å²) in [6.07, 6.45) is 0.622. The van der Waals surface area contributed by atoms with Crippen molar-refractivity contribution in [2.75, 3.05) is 12.4 Å². The minimum atomic E-state index is -3.38. The van der Waals surface area contributed by atoms with Crippen LogP contribution in [0.5, 0.6) is 0 Å². The molecule has 1 rings (SSSR count). The van der Waals surface area contributed by atoms with Gasteiger partial charge in [0, 0.05) is 16.9 Å². The van der Waals surface area contributed by atoms with Crippen LogP contribution in [-0.4, -0.2) is 20.8 Å². The maximum atomic E-state index is 11.6. The zero-order valence-corrected chi connectivity index (χ0v) is 11.1. The van der Waals surface area contributed by atoms with E-state index < -0.39 is 10.0 Å². The fraction of sp³-hybridized carbons (Fsp3) is 0.333. The third-order valence-electron chi connectivity index (χ3n) is 1.73. The fourth-order valence-corrected chi connectivity index (χ4v) is 2.44. The van der Waals surface area contributed by atoms with Crippen molar-refractivity contribution in [3.8, 4) is 0 Å². The Labute approximate surface area is 103 Å². The van der Waals surface area contributed by atoms with Gasteiger partial charge in [-0.15, -0.1) is 11.6 Å². The van der Waals surface area contributed by atoms with E-state index in [-0.39, 0.29) is 4.90 Å². The first-order valence-electron chi connectivity index (χ1n) is 4.37. The third kappa shape index (κ3) is 4.10. The van der Waals surface area contributed by atoms with E-state index in [1.807, 2.05) is 0 Å². The van der Waals surface area contributed by atoms with E-state index in [1.54, 1.807) is 24.3 Å². The van der Waals surface area contributed by atoms with Gasteiger partial charge in [0.2, 0.25) is 10.0 Å². The van der Waals surface area contributed by atoms with Crippen LogP contribution >= 0.6 is 27.5 Å². The lowest BCUT2D eigenvalue weighted by atomic mass is 10.4. The van der Waals surface area contributed by atoms with Gasteiger partial charge in [-0.1, -0.05) is 15.9 Å². The number of sulfonamides is 1. The summed E-state index contributed by atoms with van der Waals surface area (Å²) < 4.78 is 26.6. The molecule has 1 N–H and O–H groups in total. The molecule has 15 heavy (non-hydrogen) atoms. The number of nitrogens with one attached hydrogen (secondary N) is 1. The van der Waals surface area contributed by atoms with Crippen molar-refractivity contribution in [1.82, 2.24) is 4.72 Å². The normalized spacial score (nSPS) is 11.6. The molecule has 0 aliphatic heterocycles. The summed E-state index contributed by atoms with van der Waals surface area (Å²) in [7, 11) is -3.38. The van der Waals surface area contributed by atoms with E-state index in [1.165, 1.54) is 0 Å². The molecule has 0 heterocycles. The quantitative estimate of drug-likeness (QED) is 0.670. The molecular formula is C9H11BrClNO2S. The van der Waals surface area contributed by atoms with Crippen molar-refractivity contribution in [3.05, 3.63) is 28.7 Å². The van der Waals surface area contributed by atoms with Crippen molar-refractivity contribution >= 4 is 37.6 Å². The number of halogens is 2. The highest BCUT2D eigenvalue weighted by Crippen LogP contribution is 2.14. The first-order valence-corrected chi connectivity index (χ1v) is 7.18. The van der Waals surface area contributed by atoms with Gasteiger partial charge in [0.1, 0.15) is 0 Å². The Balaban J connectivity index is 2.73. The highest BCUT2D eigenvalue weighted by molar-refractivity contribution is 9.10. The lowest BCUT2D eigenvalue weighted by Crippen LogP contribution is -2.24. The summed E-state index contributed by atoms with van der Waals surface area (Å²) in [6, 6.07) is 6.48. The predicted molar refractivity (Wildman–Crippen MR) is 64.7 cm³/mol. The first kappa shape index (κ1) is 13.0. The SMILES string of the molecule is O=S(=O)(NCCCCl)c1ccc(Br)cc1. The van der Waals surface area contributed by atoms with Crippen LogP contribution in [0.2, 0.25) is 0 Å². The molecule has 0 aliphatic carbocycles. The lowest BCUT2D eigenvalue weighted by Gasteiger charge is -2.05. The molecule has 0 fully saturated rings. The molecule has 0 spiro atoms. The molecule has 0 unspecified atom stereocenters. The highest BCUT2D eigenvalue weighted by atomic mass is 79.9. The fourth-order valence-electron chi connectivity index (χ4n) is 0.970. The summed E-state index contributed by atoms with van der Waals surface area (Å²) in [5, 5.41) is 0. The van der Waals surface area contributed by atoms with Crippen LogP contribution in [0.25, 0.3) is 0 Å². The van der Waals surface area contributed by atoms with Gasteiger partial charge >= 0.3 is 0 Å². The number of hydrogen-bond donors (Lipinski definition) is 1. The summed E-state index contributed by atoms with van der Waals surface area (Å²) in [5.74, 6) is 0.447. The smallest absolute Gasteiger partial charge is 0.211 e. The molecule has 6 heteroatoms. The van der Waals surface area contributed by atoms with Gasteiger partial charge in [-0.25, -0.2) is 13.1 Å². The highest BCUT2D eigenvalue weighted by Gasteiger charge is 2.12. The van der Waals surface area contributed by atoms with Gasteiger partial charge in [0.15, 0.2) is 0 Å². The Kier molecular flexibility index (Phi) is 5.05. The monoisotopic (exact) mass is 311 g/mol. The Hall–Kier alpha value is -0.100. The van der Waals surface area contributed by atoms with E-state index in [0.717, 1.165) is 4.47 Å². The van der Waals surface area contributed by atoms with E-state index in [4.69, 9.17) is 11.6 Å². The zero-order chi connectivity index (χ0) is 11.3. The molecule has 1 aromatic carbocycles. The van der Waals surface area contributed by atoms with Crippen LogP contribution in [-0.2, 0) is 10.0 Å². The second-order valence-electron chi connectivity index (χ2n) is 2.89. The minimum absolute atomic E-state index is 0.264. The second kappa shape index (κ2) is 5.84. The Bertz CT molecular complexity index is 405. The number of rotatable bonds is 5. The largest absolute Gasteiger partial charge is 0.240 e. The summed E-state index contributed by atoms with van der Waals surface area (Å²) in [6.45, 7) is 0.363. The first-order chi connectivity index (χ1) is 7.06. The van der Waals surface area contributed by atoms with Crippen LogP contribution < -0.4 is 4.72 Å². The van der Waals surface area contributed by atoms with Crippen molar-refractivity contribution in [2.45, 2.75) is 11.3 Å². The zero-order valence-electron chi connectivity index (χ0n) is 7.91. The molecule has 1 aromatic rings. The van der Waals surface area contributed by atoms with Crippen LogP contribution in [0.3, 0.4) is 0 Å². The molecule has 0 amide bonds. The third-order valence-corrected chi connectivity index (χ3v) is 4.00. The second-order valence-corrected chi connectivity index (χ2v) is 5.95. The lowest BCUT2D eigenvalue weighted by molar-refractivity contribution is 0.581. The Morgan fingerprint density at radius 2 is 1.87 bits per heavy atom. The van der Waals surface area contributed by atoms with Gasteiger partial charge < -0.3 is 0 Å². The Morgan fingerprint density at radius 1 is 1.27 bits per heavy atom. The maximum absolute atomic E-state index is 11.6. The topological polar surface area (TPSA) is 46.2 Å². The molecule has 0 aliphatic rings. The summed E-state index contributed by atoms with van der Waals surface area (Å²) in [4.78, 5) is 0.264. The average molecular weight is 313 g/mol. The number of hydrogen-bond acceptors (Lipinski definition) is 2.